The van der Waals surface area contributed by atoms with Crippen molar-refractivity contribution in [1.82, 2.24) is 4.98 Å². The molecule has 2 heterocycles. The minimum Gasteiger partial charge on any atom is -0.324 e. The highest BCUT2D eigenvalue weighted by atomic mass is 32.1. The molecule has 4 nitrogen and oxygen atoms in total. The topological polar surface area (TPSA) is 51.4 Å². The number of aromatic amines is 2. The van der Waals surface area contributed by atoms with E-state index < -0.39 is 0 Å². The Balaban J connectivity index is 1.87. The SMILES string of the molecule is C[C@H](c1ccccc1)[NH+]1CCc2[nH+]c(S)[nH]c(=O)c2C1. The van der Waals surface area contributed by atoms with Gasteiger partial charge in [0.15, 0.2) is 0 Å². The summed E-state index contributed by atoms with van der Waals surface area (Å²) in [6.07, 6.45) is 0.888. The second-order valence-electron chi connectivity index (χ2n) is 5.35. The Morgan fingerprint density at radius 2 is 2.10 bits per heavy atom. The van der Waals surface area contributed by atoms with E-state index >= 15 is 0 Å². The molecule has 2 atom stereocenters. The lowest BCUT2D eigenvalue weighted by Gasteiger charge is -2.29. The molecule has 104 valence electrons. The van der Waals surface area contributed by atoms with E-state index in [0.29, 0.717) is 11.2 Å². The van der Waals surface area contributed by atoms with Crippen LogP contribution in [-0.4, -0.2) is 11.5 Å². The van der Waals surface area contributed by atoms with Gasteiger partial charge in [0.2, 0.25) is 0 Å². The molecule has 0 spiro atoms. The fourth-order valence-corrected chi connectivity index (χ4v) is 3.15. The van der Waals surface area contributed by atoms with Crippen LogP contribution in [0, 0.1) is 0 Å². The molecular formula is C15H19N3OS+2. The normalized spacial score (nSPS) is 19.4. The van der Waals surface area contributed by atoms with Crippen molar-refractivity contribution in [1.29, 1.82) is 0 Å². The van der Waals surface area contributed by atoms with Crippen molar-refractivity contribution in [2.45, 2.75) is 31.1 Å². The first-order chi connectivity index (χ1) is 9.65. The first-order valence-corrected chi connectivity index (χ1v) is 7.35. The van der Waals surface area contributed by atoms with E-state index in [1.807, 2.05) is 6.07 Å². The molecule has 0 radical (unpaired) electrons. The van der Waals surface area contributed by atoms with E-state index in [0.717, 1.165) is 30.8 Å². The summed E-state index contributed by atoms with van der Waals surface area (Å²) in [7, 11) is 0. The predicted octanol–water partition coefficient (Wildman–Crippen LogP) is 0.180. The zero-order valence-electron chi connectivity index (χ0n) is 11.4. The number of H-pyrrole nitrogens is 2. The van der Waals surface area contributed by atoms with Crippen LogP contribution in [-0.2, 0) is 13.0 Å². The molecule has 1 aliphatic heterocycles. The van der Waals surface area contributed by atoms with Crippen LogP contribution >= 0.6 is 12.6 Å². The van der Waals surface area contributed by atoms with Gasteiger partial charge >= 0.3 is 10.7 Å². The Morgan fingerprint density at radius 3 is 2.85 bits per heavy atom. The van der Waals surface area contributed by atoms with Crippen molar-refractivity contribution < 1.29 is 9.88 Å². The standard InChI is InChI=1S/C15H17N3OS/c1-10(11-5-3-2-4-6-11)18-8-7-13-12(9-18)14(19)17-15(20)16-13/h2-6,10H,7-9H2,1H3,(H2,16,17,19,20)/p+2/t10-/m1/s1. The Hall–Kier alpha value is -1.59. The summed E-state index contributed by atoms with van der Waals surface area (Å²) < 4.78 is 0. The number of thiol groups is 1. The molecule has 0 aliphatic carbocycles. The van der Waals surface area contributed by atoms with Crippen molar-refractivity contribution in [2.75, 3.05) is 6.54 Å². The van der Waals surface area contributed by atoms with Crippen molar-refractivity contribution in [2.24, 2.45) is 0 Å². The van der Waals surface area contributed by atoms with Gasteiger partial charge in [0, 0.05) is 5.56 Å². The first kappa shape index (κ1) is 13.4. The lowest BCUT2D eigenvalue weighted by atomic mass is 10.0. The summed E-state index contributed by atoms with van der Waals surface area (Å²) in [4.78, 5) is 19.4. The lowest BCUT2D eigenvalue weighted by molar-refractivity contribution is -0.946. The van der Waals surface area contributed by atoms with Crippen LogP contribution in [0.15, 0.2) is 40.3 Å². The number of nitrogens with one attached hydrogen (secondary N) is 3. The third kappa shape index (κ3) is 2.51. The summed E-state index contributed by atoms with van der Waals surface area (Å²) in [5, 5.41) is 0.535. The number of quaternary nitrogens is 1. The van der Waals surface area contributed by atoms with E-state index in [4.69, 9.17) is 0 Å². The Labute approximate surface area is 123 Å². The summed E-state index contributed by atoms with van der Waals surface area (Å²) in [6.45, 7) is 4.00. The van der Waals surface area contributed by atoms with Crippen molar-refractivity contribution in [3.8, 4) is 0 Å². The fourth-order valence-electron chi connectivity index (χ4n) is 2.92. The van der Waals surface area contributed by atoms with Crippen LogP contribution in [0.2, 0.25) is 0 Å². The van der Waals surface area contributed by atoms with Crippen LogP contribution in [0.4, 0.5) is 0 Å². The molecule has 1 aliphatic rings. The quantitative estimate of drug-likeness (QED) is 0.536. The van der Waals surface area contributed by atoms with Gasteiger partial charge in [0.1, 0.15) is 23.8 Å². The highest BCUT2D eigenvalue weighted by molar-refractivity contribution is 7.79. The van der Waals surface area contributed by atoms with Gasteiger partial charge in [-0.2, -0.15) is 0 Å². The largest absolute Gasteiger partial charge is 0.345 e. The Morgan fingerprint density at radius 1 is 1.35 bits per heavy atom. The number of benzene rings is 1. The molecule has 2 aromatic rings. The lowest BCUT2D eigenvalue weighted by Crippen LogP contribution is -3.12. The van der Waals surface area contributed by atoms with Crippen molar-refractivity contribution in [3.63, 3.8) is 0 Å². The van der Waals surface area contributed by atoms with Gasteiger partial charge in [-0.25, -0.2) is 14.8 Å². The van der Waals surface area contributed by atoms with Crippen LogP contribution in [0.25, 0.3) is 0 Å². The monoisotopic (exact) mass is 289 g/mol. The molecule has 1 unspecified atom stereocenters. The third-order valence-electron chi connectivity index (χ3n) is 4.15. The molecule has 0 fully saturated rings. The number of hydrogen-bond donors (Lipinski definition) is 3. The predicted molar refractivity (Wildman–Crippen MR) is 79.0 cm³/mol. The summed E-state index contributed by atoms with van der Waals surface area (Å²) >= 11 is 4.19. The minimum atomic E-state index is -0.0128. The van der Waals surface area contributed by atoms with E-state index in [-0.39, 0.29) is 5.56 Å². The van der Waals surface area contributed by atoms with Gasteiger partial charge in [-0.05, 0) is 6.92 Å². The van der Waals surface area contributed by atoms with Crippen LogP contribution < -0.4 is 15.4 Å². The third-order valence-corrected chi connectivity index (χ3v) is 4.38. The molecule has 0 saturated carbocycles. The molecule has 3 rings (SSSR count). The van der Waals surface area contributed by atoms with E-state index in [2.05, 4.69) is 53.8 Å². The van der Waals surface area contributed by atoms with Gasteiger partial charge in [0.05, 0.1) is 13.0 Å². The zero-order chi connectivity index (χ0) is 14.1. The van der Waals surface area contributed by atoms with E-state index in [1.54, 1.807) is 0 Å². The van der Waals surface area contributed by atoms with Gasteiger partial charge in [-0.3, -0.25) is 0 Å². The number of rotatable bonds is 2. The van der Waals surface area contributed by atoms with Gasteiger partial charge in [-0.1, -0.05) is 43.0 Å². The summed E-state index contributed by atoms with van der Waals surface area (Å²) in [5.74, 6) is 0. The van der Waals surface area contributed by atoms with Gasteiger partial charge < -0.3 is 4.90 Å². The maximum Gasteiger partial charge on any atom is 0.345 e. The molecule has 1 aromatic carbocycles. The molecule has 1 aromatic heterocycles. The second kappa shape index (κ2) is 5.42. The molecule has 20 heavy (non-hydrogen) atoms. The Kier molecular flexibility index (Phi) is 3.63. The molecule has 0 amide bonds. The summed E-state index contributed by atoms with van der Waals surface area (Å²) in [5.41, 5.74) is 3.20. The maximum absolute atomic E-state index is 12.1. The van der Waals surface area contributed by atoms with Crippen LogP contribution in [0.3, 0.4) is 0 Å². The first-order valence-electron chi connectivity index (χ1n) is 6.91. The smallest absolute Gasteiger partial charge is 0.324 e. The molecule has 0 bridgehead atoms. The number of aromatic nitrogens is 2. The highest BCUT2D eigenvalue weighted by Gasteiger charge is 2.30. The fraction of sp³-hybridized carbons (Fsp3) is 0.333. The van der Waals surface area contributed by atoms with Crippen LogP contribution in [0.1, 0.15) is 29.8 Å². The highest BCUT2D eigenvalue weighted by Crippen LogP contribution is 2.10. The summed E-state index contributed by atoms with van der Waals surface area (Å²) in [6, 6.07) is 10.9. The van der Waals surface area contributed by atoms with Gasteiger partial charge in [0.25, 0.3) is 0 Å². The molecular weight excluding hydrogens is 270 g/mol. The average molecular weight is 289 g/mol. The second-order valence-corrected chi connectivity index (χ2v) is 5.80. The minimum absolute atomic E-state index is 0.0128. The zero-order valence-corrected chi connectivity index (χ0v) is 12.3. The number of hydrogen-bond acceptors (Lipinski definition) is 2. The molecule has 0 saturated heterocycles. The van der Waals surface area contributed by atoms with E-state index in [9.17, 15) is 4.79 Å². The molecule has 5 heteroatoms. The van der Waals surface area contributed by atoms with Gasteiger partial charge in [-0.15, -0.1) is 0 Å². The van der Waals surface area contributed by atoms with Crippen LogP contribution in [0.5, 0.6) is 0 Å². The van der Waals surface area contributed by atoms with Crippen molar-refractivity contribution in [3.05, 3.63) is 57.5 Å². The van der Waals surface area contributed by atoms with E-state index in [1.165, 1.54) is 10.5 Å². The average Bonchev–Trinajstić information content (AvgIpc) is 2.47. The molecule has 3 N–H and O–H groups in total. The Bertz CT molecular complexity index is 669. The number of fused-ring (bicyclic) bond motifs is 1. The van der Waals surface area contributed by atoms with Crippen molar-refractivity contribution >= 4 is 12.6 Å². The maximum atomic E-state index is 12.1.